The smallest absolute Gasteiger partial charge is 0.475 e. The summed E-state index contributed by atoms with van der Waals surface area (Å²) >= 11 is 0. The Kier molecular flexibility index (Phi) is 7.93. The molecule has 4 rings (SSSR count). The monoisotopic (exact) mass is 565 g/mol. The van der Waals surface area contributed by atoms with Gasteiger partial charge in [0.2, 0.25) is 15.8 Å². The summed E-state index contributed by atoms with van der Waals surface area (Å²) < 4.78 is 83.1. The SMILES string of the molecule is NS(=O)(=O)c1c(S(=O)(=O)C2CNC2)ccc(-c2ccc(CO)nc2)c1-c1nn[nH]n1.O=C(O)C(F)(F)F. The van der Waals surface area contributed by atoms with Gasteiger partial charge in [0.1, 0.15) is 4.90 Å². The van der Waals surface area contributed by atoms with E-state index in [4.69, 9.17) is 15.0 Å². The molecule has 1 aliphatic heterocycles. The molecule has 0 spiro atoms. The van der Waals surface area contributed by atoms with Crippen LogP contribution in [0, 0.1) is 0 Å². The number of hydrogen-bond acceptors (Lipinski definition) is 11. The van der Waals surface area contributed by atoms with Crippen molar-refractivity contribution in [1.29, 1.82) is 0 Å². The number of aliphatic hydroxyl groups is 1. The van der Waals surface area contributed by atoms with E-state index in [1.165, 1.54) is 18.3 Å². The number of primary sulfonamides is 1. The second kappa shape index (κ2) is 10.5. The quantitative estimate of drug-likeness (QED) is 0.253. The number of aromatic amines is 1. The molecule has 2 aromatic heterocycles. The predicted octanol–water partition coefficient (Wildman–Crippen LogP) is -0.553. The minimum Gasteiger partial charge on any atom is -0.475 e. The number of carboxylic acid groups (broad SMARTS) is 1. The van der Waals surface area contributed by atoms with E-state index in [2.05, 4.69) is 30.9 Å². The second-order valence-electron chi connectivity index (χ2n) is 7.42. The highest BCUT2D eigenvalue weighted by atomic mass is 32.2. The highest BCUT2D eigenvalue weighted by Crippen LogP contribution is 2.39. The Balaban J connectivity index is 0.000000479. The van der Waals surface area contributed by atoms with Crippen LogP contribution in [0.25, 0.3) is 22.5 Å². The van der Waals surface area contributed by atoms with E-state index in [1.807, 2.05) is 0 Å². The van der Waals surface area contributed by atoms with Gasteiger partial charge in [-0.25, -0.2) is 26.8 Å². The fraction of sp³-hybridized carbons (Fsp3) is 0.278. The highest BCUT2D eigenvalue weighted by Gasteiger charge is 2.39. The van der Waals surface area contributed by atoms with Crippen molar-refractivity contribution in [2.24, 2.45) is 5.14 Å². The Morgan fingerprint density at radius 2 is 1.78 bits per heavy atom. The Labute approximate surface area is 206 Å². The fourth-order valence-electron chi connectivity index (χ4n) is 3.14. The molecule has 1 aliphatic rings. The van der Waals surface area contributed by atoms with Crippen LogP contribution >= 0.6 is 0 Å². The average molecular weight is 566 g/mol. The van der Waals surface area contributed by atoms with Crippen LogP contribution in [-0.4, -0.2) is 83.1 Å². The van der Waals surface area contributed by atoms with Gasteiger partial charge in [-0.1, -0.05) is 12.1 Å². The standard InChI is InChI=1S/C16H17N7O5S2.C2HF3O2/c17-30(27,28)15-13(29(25,26)11-6-18-7-11)4-3-12(14(15)16-20-22-23-21-16)9-1-2-10(8-24)19-5-9;3-2(4,5)1(6)7/h1-5,11,18,24H,6-8H2,(H2,17,27,28)(H,20,21,22,23);(H,6,7). The number of aliphatic hydroxyl groups excluding tert-OH is 1. The number of sulfonamides is 1. The van der Waals surface area contributed by atoms with Gasteiger partial charge in [-0.3, -0.25) is 4.98 Å². The van der Waals surface area contributed by atoms with Gasteiger partial charge in [-0.2, -0.15) is 18.4 Å². The molecule has 0 amide bonds. The van der Waals surface area contributed by atoms with E-state index in [0.717, 1.165) is 0 Å². The summed E-state index contributed by atoms with van der Waals surface area (Å²) in [6.07, 6.45) is -3.67. The van der Waals surface area contributed by atoms with E-state index in [0.29, 0.717) is 16.8 Å². The van der Waals surface area contributed by atoms with Crippen LogP contribution in [-0.2, 0) is 31.3 Å². The number of nitrogens with one attached hydrogen (secondary N) is 2. The lowest BCUT2D eigenvalue weighted by Gasteiger charge is -2.28. The average Bonchev–Trinajstić information content (AvgIpc) is 3.30. The van der Waals surface area contributed by atoms with Gasteiger partial charge in [0.25, 0.3) is 0 Å². The molecule has 1 fully saturated rings. The number of hydrogen-bond donors (Lipinski definition) is 5. The third-order valence-electron chi connectivity index (χ3n) is 5.00. The number of aromatic nitrogens is 5. The van der Waals surface area contributed by atoms with Crippen molar-refractivity contribution in [3.05, 3.63) is 36.2 Å². The lowest BCUT2D eigenvalue weighted by molar-refractivity contribution is -0.192. The number of tetrazole rings is 1. The molecule has 0 unspecified atom stereocenters. The Bertz CT molecular complexity index is 1490. The summed E-state index contributed by atoms with van der Waals surface area (Å²) in [5.41, 5.74) is 1.05. The Morgan fingerprint density at radius 3 is 2.19 bits per heavy atom. The summed E-state index contributed by atoms with van der Waals surface area (Å²) in [6, 6.07) is 5.83. The first-order valence-electron chi connectivity index (χ1n) is 9.92. The van der Waals surface area contributed by atoms with Crippen molar-refractivity contribution in [3.8, 4) is 22.5 Å². The largest absolute Gasteiger partial charge is 0.490 e. The van der Waals surface area contributed by atoms with Crippen molar-refractivity contribution in [1.82, 2.24) is 30.9 Å². The van der Waals surface area contributed by atoms with Gasteiger partial charge in [0, 0.05) is 24.8 Å². The molecular formula is C18H18F3N7O7S2. The molecule has 1 saturated heterocycles. The molecule has 6 N–H and O–H groups in total. The van der Waals surface area contributed by atoms with Crippen LogP contribution in [0.3, 0.4) is 0 Å². The number of carbonyl (C=O) groups is 1. The van der Waals surface area contributed by atoms with Crippen LogP contribution in [0.4, 0.5) is 13.2 Å². The van der Waals surface area contributed by atoms with Gasteiger partial charge in [0.05, 0.1) is 28.0 Å². The van der Waals surface area contributed by atoms with Gasteiger partial charge < -0.3 is 15.5 Å². The van der Waals surface area contributed by atoms with Crippen LogP contribution in [0.15, 0.2) is 40.3 Å². The number of sulfone groups is 1. The number of aliphatic carboxylic acids is 1. The van der Waals surface area contributed by atoms with E-state index in [1.54, 1.807) is 12.1 Å². The zero-order valence-corrected chi connectivity index (χ0v) is 20.0. The molecule has 1 aromatic carbocycles. The van der Waals surface area contributed by atoms with Crippen molar-refractivity contribution in [3.63, 3.8) is 0 Å². The van der Waals surface area contributed by atoms with Crippen molar-refractivity contribution >= 4 is 25.8 Å². The number of pyridine rings is 1. The normalized spacial score (nSPS) is 14.4. The van der Waals surface area contributed by atoms with Crippen LogP contribution in [0.1, 0.15) is 5.69 Å². The summed E-state index contributed by atoms with van der Waals surface area (Å²) in [6.45, 7) is 0.142. The van der Waals surface area contributed by atoms with Gasteiger partial charge in [-0.15, -0.1) is 10.2 Å². The molecule has 3 aromatic rings. The van der Waals surface area contributed by atoms with Gasteiger partial charge in [0.15, 0.2) is 9.84 Å². The maximum Gasteiger partial charge on any atom is 0.490 e. The molecule has 0 atom stereocenters. The Morgan fingerprint density at radius 1 is 1.14 bits per heavy atom. The number of alkyl halides is 3. The number of carboxylic acids is 1. The minimum atomic E-state index is -5.08. The number of nitrogens with two attached hydrogens (primary N) is 1. The van der Waals surface area contributed by atoms with Crippen molar-refractivity contribution < 1.29 is 45.0 Å². The molecule has 19 heteroatoms. The first-order chi connectivity index (χ1) is 17.2. The fourth-order valence-corrected chi connectivity index (χ4v) is 6.32. The van der Waals surface area contributed by atoms with E-state index < -0.39 is 47.0 Å². The van der Waals surface area contributed by atoms with Crippen LogP contribution in [0.2, 0.25) is 0 Å². The number of rotatable bonds is 6. The molecule has 14 nitrogen and oxygen atoms in total. The summed E-state index contributed by atoms with van der Waals surface area (Å²) in [7, 11) is -8.51. The van der Waals surface area contributed by atoms with E-state index >= 15 is 0 Å². The summed E-state index contributed by atoms with van der Waals surface area (Å²) in [5, 5.41) is 37.3. The number of benzene rings is 1. The van der Waals surface area contributed by atoms with Crippen LogP contribution < -0.4 is 10.5 Å². The number of nitrogens with zero attached hydrogens (tertiary/aromatic N) is 4. The molecule has 3 heterocycles. The highest BCUT2D eigenvalue weighted by molar-refractivity contribution is 7.94. The zero-order valence-electron chi connectivity index (χ0n) is 18.3. The maximum absolute atomic E-state index is 13.1. The summed E-state index contributed by atoms with van der Waals surface area (Å²) in [5.74, 6) is -2.89. The predicted molar refractivity (Wildman–Crippen MR) is 118 cm³/mol. The van der Waals surface area contributed by atoms with Crippen LogP contribution in [0.5, 0.6) is 0 Å². The van der Waals surface area contributed by atoms with Crippen molar-refractivity contribution in [2.45, 2.75) is 27.8 Å². The molecule has 37 heavy (non-hydrogen) atoms. The van der Waals surface area contributed by atoms with E-state index in [-0.39, 0.29) is 31.1 Å². The minimum absolute atomic E-state index is 0.0989. The molecule has 200 valence electrons. The lowest BCUT2D eigenvalue weighted by atomic mass is 10.0. The molecule has 0 radical (unpaired) electrons. The first-order valence-corrected chi connectivity index (χ1v) is 13.0. The van der Waals surface area contributed by atoms with Gasteiger partial charge in [-0.05, 0) is 22.9 Å². The number of halogens is 3. The molecule has 0 saturated carbocycles. The van der Waals surface area contributed by atoms with E-state index in [9.17, 15) is 35.1 Å². The topological polar surface area (TPSA) is 231 Å². The van der Waals surface area contributed by atoms with Gasteiger partial charge >= 0.3 is 12.1 Å². The lowest BCUT2D eigenvalue weighted by Crippen LogP contribution is -2.51. The summed E-state index contributed by atoms with van der Waals surface area (Å²) in [4.78, 5) is 12.0. The number of H-pyrrole nitrogens is 1. The zero-order chi connectivity index (χ0) is 27.6. The Hall–Kier alpha value is -3.52. The first kappa shape index (κ1) is 28.1. The molecule has 0 aliphatic carbocycles. The third kappa shape index (κ3) is 6.07. The maximum atomic E-state index is 13.1. The second-order valence-corrected chi connectivity index (χ2v) is 11.1. The third-order valence-corrected chi connectivity index (χ3v) is 8.29. The molecule has 0 bridgehead atoms. The van der Waals surface area contributed by atoms with Crippen molar-refractivity contribution in [2.75, 3.05) is 13.1 Å². The molecular weight excluding hydrogens is 547 g/mol.